The third kappa shape index (κ3) is 5.57. The molecule has 0 aromatic heterocycles. The van der Waals surface area contributed by atoms with Gasteiger partial charge in [0.15, 0.2) is 5.96 Å². The highest BCUT2D eigenvalue weighted by molar-refractivity contribution is 5.79. The minimum atomic E-state index is -0.221. The van der Waals surface area contributed by atoms with Crippen LogP contribution in [0.3, 0.4) is 0 Å². The van der Waals surface area contributed by atoms with Gasteiger partial charge in [-0.05, 0) is 38.5 Å². The van der Waals surface area contributed by atoms with Crippen LogP contribution in [0.2, 0.25) is 0 Å². The van der Waals surface area contributed by atoms with E-state index >= 15 is 0 Å². The number of methoxy groups -OCH3 is 1. The zero-order valence-electron chi connectivity index (χ0n) is 15.3. The van der Waals surface area contributed by atoms with E-state index < -0.39 is 0 Å². The molecule has 2 N–H and O–H groups in total. The number of guanidine groups is 1. The van der Waals surface area contributed by atoms with Gasteiger partial charge in [-0.15, -0.1) is 0 Å². The average molecular weight is 330 g/mol. The van der Waals surface area contributed by atoms with Crippen molar-refractivity contribution in [1.82, 2.24) is 10.6 Å². The molecule has 24 heavy (non-hydrogen) atoms. The van der Waals surface area contributed by atoms with E-state index in [1.165, 1.54) is 11.3 Å². The summed E-state index contributed by atoms with van der Waals surface area (Å²) in [5.74, 6) is 0.815. The summed E-state index contributed by atoms with van der Waals surface area (Å²) in [6, 6.07) is 8.65. The molecule has 1 heterocycles. The van der Waals surface area contributed by atoms with Crippen LogP contribution < -0.4 is 15.5 Å². The number of aliphatic imine (C=N–C) groups is 1. The largest absolute Gasteiger partial charge is 0.377 e. The molecule has 0 fully saturated rings. The summed E-state index contributed by atoms with van der Waals surface area (Å²) in [5.41, 5.74) is 2.25. The molecule has 1 aliphatic rings. The van der Waals surface area contributed by atoms with Crippen LogP contribution in [0, 0.1) is 0 Å². The maximum Gasteiger partial charge on any atom is 0.191 e. The van der Waals surface area contributed by atoms with Crippen molar-refractivity contribution >= 4 is 11.6 Å². The van der Waals surface area contributed by atoms with Gasteiger partial charge in [0.25, 0.3) is 0 Å². The summed E-state index contributed by atoms with van der Waals surface area (Å²) in [7, 11) is 1.73. The summed E-state index contributed by atoms with van der Waals surface area (Å²) >= 11 is 0. The molecule has 1 aromatic carbocycles. The Morgan fingerprint density at radius 1 is 1.17 bits per heavy atom. The smallest absolute Gasteiger partial charge is 0.191 e. The van der Waals surface area contributed by atoms with Gasteiger partial charge >= 0.3 is 0 Å². The van der Waals surface area contributed by atoms with Crippen molar-refractivity contribution in [2.75, 3.05) is 38.2 Å². The third-order valence-electron chi connectivity index (χ3n) is 4.12. The van der Waals surface area contributed by atoms with Crippen LogP contribution in [-0.2, 0) is 11.3 Å². The molecule has 0 saturated heterocycles. The predicted octanol–water partition coefficient (Wildman–Crippen LogP) is 2.54. The SMILES string of the molecule is CCNC(=NCc1ccc(N2CC=CC2)cc1)NCC(C)(C)OC. The Balaban J connectivity index is 1.92. The van der Waals surface area contributed by atoms with E-state index in [1.54, 1.807) is 7.11 Å². The Labute approximate surface area is 145 Å². The molecule has 0 spiro atoms. The summed E-state index contributed by atoms with van der Waals surface area (Å²) in [5, 5.41) is 6.61. The number of ether oxygens (including phenoxy) is 1. The highest BCUT2D eigenvalue weighted by atomic mass is 16.5. The molecule has 5 heteroatoms. The van der Waals surface area contributed by atoms with Crippen molar-refractivity contribution in [2.24, 2.45) is 4.99 Å². The van der Waals surface area contributed by atoms with Gasteiger partial charge < -0.3 is 20.3 Å². The molecule has 0 bridgehead atoms. The first-order valence-electron chi connectivity index (χ1n) is 8.60. The molecule has 0 amide bonds. The second-order valence-corrected chi connectivity index (χ2v) is 6.56. The van der Waals surface area contributed by atoms with Crippen molar-refractivity contribution in [3.05, 3.63) is 42.0 Å². The Kier molecular flexibility index (Phi) is 6.67. The maximum atomic E-state index is 5.44. The molecule has 0 unspecified atom stereocenters. The van der Waals surface area contributed by atoms with Crippen molar-refractivity contribution in [2.45, 2.75) is 32.9 Å². The topological polar surface area (TPSA) is 48.9 Å². The van der Waals surface area contributed by atoms with Crippen molar-refractivity contribution in [3.8, 4) is 0 Å². The molecule has 0 atom stereocenters. The van der Waals surface area contributed by atoms with Crippen LogP contribution in [0.4, 0.5) is 5.69 Å². The molecule has 1 aromatic rings. The number of hydrogen-bond donors (Lipinski definition) is 2. The number of benzene rings is 1. The molecule has 0 aliphatic carbocycles. The Morgan fingerprint density at radius 2 is 1.83 bits per heavy atom. The van der Waals surface area contributed by atoms with Crippen molar-refractivity contribution in [1.29, 1.82) is 0 Å². The number of anilines is 1. The van der Waals surface area contributed by atoms with E-state index in [1.807, 2.05) is 0 Å². The number of hydrogen-bond acceptors (Lipinski definition) is 3. The predicted molar refractivity (Wildman–Crippen MR) is 102 cm³/mol. The number of nitrogens with one attached hydrogen (secondary N) is 2. The third-order valence-corrected chi connectivity index (χ3v) is 4.12. The van der Waals surface area contributed by atoms with Gasteiger partial charge in [0, 0.05) is 39.0 Å². The van der Waals surface area contributed by atoms with Gasteiger partial charge in [-0.1, -0.05) is 24.3 Å². The Bertz CT molecular complexity index is 555. The van der Waals surface area contributed by atoms with Gasteiger partial charge in [-0.25, -0.2) is 4.99 Å². The van der Waals surface area contributed by atoms with Crippen molar-refractivity contribution < 1.29 is 4.74 Å². The van der Waals surface area contributed by atoms with Gasteiger partial charge in [0.05, 0.1) is 12.1 Å². The molecule has 5 nitrogen and oxygen atoms in total. The molecule has 132 valence electrons. The monoisotopic (exact) mass is 330 g/mol. The van der Waals surface area contributed by atoms with E-state index in [-0.39, 0.29) is 5.60 Å². The van der Waals surface area contributed by atoms with Crippen LogP contribution in [0.1, 0.15) is 26.3 Å². The zero-order valence-corrected chi connectivity index (χ0v) is 15.3. The average Bonchev–Trinajstić information content (AvgIpc) is 3.12. The van der Waals surface area contributed by atoms with Crippen LogP contribution >= 0.6 is 0 Å². The maximum absolute atomic E-state index is 5.44. The van der Waals surface area contributed by atoms with Gasteiger partial charge in [0.2, 0.25) is 0 Å². The number of rotatable bonds is 7. The Hall–Kier alpha value is -2.01. The highest BCUT2D eigenvalue weighted by Gasteiger charge is 2.16. The summed E-state index contributed by atoms with van der Waals surface area (Å²) in [6.45, 7) is 10.4. The van der Waals surface area contributed by atoms with E-state index in [4.69, 9.17) is 4.74 Å². The Morgan fingerprint density at radius 3 is 2.42 bits per heavy atom. The van der Waals surface area contributed by atoms with Gasteiger partial charge in [0.1, 0.15) is 0 Å². The van der Waals surface area contributed by atoms with Crippen LogP contribution in [0.25, 0.3) is 0 Å². The summed E-state index contributed by atoms with van der Waals surface area (Å²) in [4.78, 5) is 7.00. The first-order valence-corrected chi connectivity index (χ1v) is 8.60. The quantitative estimate of drug-likeness (QED) is 0.458. The van der Waals surface area contributed by atoms with E-state index in [0.717, 1.165) is 25.6 Å². The summed E-state index contributed by atoms with van der Waals surface area (Å²) in [6.07, 6.45) is 4.40. The lowest BCUT2D eigenvalue weighted by atomic mass is 10.1. The van der Waals surface area contributed by atoms with Gasteiger partial charge in [-0.3, -0.25) is 0 Å². The number of nitrogens with zero attached hydrogens (tertiary/aromatic N) is 2. The molecule has 0 saturated carbocycles. The molecular formula is C19H30N4O. The zero-order chi connectivity index (χ0) is 17.4. The lowest BCUT2D eigenvalue weighted by Gasteiger charge is -2.24. The highest BCUT2D eigenvalue weighted by Crippen LogP contribution is 2.17. The van der Waals surface area contributed by atoms with Crippen LogP contribution in [0.15, 0.2) is 41.4 Å². The minimum Gasteiger partial charge on any atom is -0.377 e. The van der Waals surface area contributed by atoms with Crippen molar-refractivity contribution in [3.63, 3.8) is 0 Å². The molecule has 1 aliphatic heterocycles. The fourth-order valence-corrected chi connectivity index (χ4v) is 2.38. The molecule has 2 rings (SSSR count). The van der Waals surface area contributed by atoms with Crippen LogP contribution in [0.5, 0.6) is 0 Å². The first-order chi connectivity index (χ1) is 11.5. The minimum absolute atomic E-state index is 0.221. The molecule has 0 radical (unpaired) electrons. The van der Waals surface area contributed by atoms with E-state index in [9.17, 15) is 0 Å². The normalized spacial score (nSPS) is 15.0. The molecular weight excluding hydrogens is 300 g/mol. The second-order valence-electron chi connectivity index (χ2n) is 6.56. The standard InChI is InChI=1S/C19H30N4O/c1-5-20-18(22-15-19(2,3)24-4)21-14-16-8-10-17(11-9-16)23-12-6-7-13-23/h6-11H,5,12-15H2,1-4H3,(H2,20,21,22). The fraction of sp³-hybridized carbons (Fsp3) is 0.526. The van der Waals surface area contributed by atoms with E-state index in [0.29, 0.717) is 13.1 Å². The van der Waals surface area contributed by atoms with Gasteiger partial charge in [-0.2, -0.15) is 0 Å². The first kappa shape index (κ1) is 18.3. The lowest BCUT2D eigenvalue weighted by molar-refractivity contribution is 0.0268. The fourth-order valence-electron chi connectivity index (χ4n) is 2.38. The van der Waals surface area contributed by atoms with E-state index in [2.05, 4.69) is 77.7 Å². The summed E-state index contributed by atoms with van der Waals surface area (Å²) < 4.78 is 5.44. The van der Waals surface area contributed by atoms with Crippen LogP contribution in [-0.4, -0.2) is 44.8 Å². The lowest BCUT2D eigenvalue weighted by Crippen LogP contribution is -2.45. The second kappa shape index (κ2) is 8.73.